The fourth-order valence-electron chi connectivity index (χ4n) is 2.00. The highest BCUT2D eigenvalue weighted by Crippen LogP contribution is 2.38. The van der Waals surface area contributed by atoms with Gasteiger partial charge in [-0.3, -0.25) is 0 Å². The molecule has 1 aliphatic rings. The Hall–Kier alpha value is -1.81. The number of aromatic nitrogens is 2. The van der Waals surface area contributed by atoms with Crippen molar-refractivity contribution in [3.8, 4) is 17.1 Å². The standard InChI is InChI=1S/C13H15N3O/c14-7-10-8-16(11-3-4-11)13(15-10)9-1-5-12(17)6-2-9/h1-2,5-6,8,11,17H,3-4,7,14H2. The maximum absolute atomic E-state index is 9.30. The number of aromatic hydroxyl groups is 1. The van der Waals surface area contributed by atoms with E-state index in [-0.39, 0.29) is 5.75 Å². The van der Waals surface area contributed by atoms with Gasteiger partial charge < -0.3 is 15.4 Å². The summed E-state index contributed by atoms with van der Waals surface area (Å²) < 4.78 is 2.20. The highest BCUT2D eigenvalue weighted by Gasteiger charge is 2.26. The average molecular weight is 229 g/mol. The van der Waals surface area contributed by atoms with E-state index in [4.69, 9.17) is 5.73 Å². The molecule has 2 aromatic rings. The van der Waals surface area contributed by atoms with Gasteiger partial charge in [0, 0.05) is 24.3 Å². The maximum atomic E-state index is 9.30. The third-order valence-electron chi connectivity index (χ3n) is 3.06. The molecule has 0 unspecified atom stereocenters. The molecular weight excluding hydrogens is 214 g/mol. The van der Waals surface area contributed by atoms with E-state index in [2.05, 4.69) is 9.55 Å². The van der Waals surface area contributed by atoms with E-state index in [0.29, 0.717) is 12.6 Å². The minimum absolute atomic E-state index is 0.275. The van der Waals surface area contributed by atoms with Crippen molar-refractivity contribution in [2.45, 2.75) is 25.4 Å². The molecule has 3 N–H and O–H groups in total. The summed E-state index contributed by atoms with van der Waals surface area (Å²) in [6.07, 6.45) is 4.47. The highest BCUT2D eigenvalue weighted by atomic mass is 16.3. The molecule has 0 saturated heterocycles. The minimum atomic E-state index is 0.275. The fraction of sp³-hybridized carbons (Fsp3) is 0.308. The number of nitrogens with two attached hydrogens (primary N) is 1. The van der Waals surface area contributed by atoms with Crippen LogP contribution in [-0.4, -0.2) is 14.7 Å². The van der Waals surface area contributed by atoms with Gasteiger partial charge in [-0.05, 0) is 37.1 Å². The zero-order valence-corrected chi connectivity index (χ0v) is 9.50. The largest absolute Gasteiger partial charge is 0.508 e. The van der Waals surface area contributed by atoms with Crippen LogP contribution in [0.2, 0.25) is 0 Å². The Morgan fingerprint density at radius 2 is 2.00 bits per heavy atom. The number of benzene rings is 1. The maximum Gasteiger partial charge on any atom is 0.140 e. The number of phenols is 1. The number of hydrogen-bond donors (Lipinski definition) is 2. The first-order chi connectivity index (χ1) is 8.28. The molecule has 1 saturated carbocycles. The summed E-state index contributed by atoms with van der Waals surface area (Å²) in [5.74, 6) is 1.23. The van der Waals surface area contributed by atoms with Crippen LogP contribution in [0.5, 0.6) is 5.75 Å². The predicted molar refractivity (Wildman–Crippen MR) is 65.5 cm³/mol. The SMILES string of the molecule is NCc1cn(C2CC2)c(-c2ccc(O)cc2)n1. The van der Waals surface area contributed by atoms with Crippen molar-refractivity contribution in [1.29, 1.82) is 0 Å². The number of hydrogen-bond acceptors (Lipinski definition) is 3. The van der Waals surface area contributed by atoms with Crippen LogP contribution in [0, 0.1) is 0 Å². The van der Waals surface area contributed by atoms with Crippen molar-refractivity contribution in [3.63, 3.8) is 0 Å². The summed E-state index contributed by atoms with van der Waals surface area (Å²) in [6, 6.07) is 7.71. The Bertz CT molecular complexity index is 526. The monoisotopic (exact) mass is 229 g/mol. The van der Waals surface area contributed by atoms with Crippen LogP contribution in [0.15, 0.2) is 30.5 Å². The molecule has 4 nitrogen and oxygen atoms in total. The van der Waals surface area contributed by atoms with Gasteiger partial charge in [-0.2, -0.15) is 0 Å². The van der Waals surface area contributed by atoms with Crippen LogP contribution in [0.3, 0.4) is 0 Å². The van der Waals surface area contributed by atoms with Gasteiger partial charge in [0.15, 0.2) is 0 Å². The molecule has 1 aliphatic carbocycles. The molecule has 0 atom stereocenters. The van der Waals surface area contributed by atoms with Gasteiger partial charge in [-0.1, -0.05) is 0 Å². The molecule has 1 aromatic heterocycles. The molecule has 0 aliphatic heterocycles. The highest BCUT2D eigenvalue weighted by molar-refractivity contribution is 5.57. The third-order valence-corrected chi connectivity index (χ3v) is 3.06. The van der Waals surface area contributed by atoms with Crippen LogP contribution in [-0.2, 0) is 6.54 Å². The molecular formula is C13H15N3O. The van der Waals surface area contributed by atoms with Crippen molar-refractivity contribution in [2.75, 3.05) is 0 Å². The van der Waals surface area contributed by atoms with Crippen molar-refractivity contribution in [3.05, 3.63) is 36.2 Å². The van der Waals surface area contributed by atoms with Crippen LogP contribution in [0.1, 0.15) is 24.6 Å². The van der Waals surface area contributed by atoms with Crippen molar-refractivity contribution >= 4 is 0 Å². The molecule has 88 valence electrons. The molecule has 0 spiro atoms. The molecule has 17 heavy (non-hydrogen) atoms. The topological polar surface area (TPSA) is 64.1 Å². The smallest absolute Gasteiger partial charge is 0.140 e. The van der Waals surface area contributed by atoms with Gasteiger partial charge in [-0.15, -0.1) is 0 Å². The quantitative estimate of drug-likeness (QED) is 0.846. The fourth-order valence-corrected chi connectivity index (χ4v) is 2.00. The molecule has 4 heteroatoms. The predicted octanol–water partition coefficient (Wildman–Crippen LogP) is 2.05. The van der Waals surface area contributed by atoms with Crippen molar-refractivity contribution in [1.82, 2.24) is 9.55 Å². The second-order valence-electron chi connectivity index (χ2n) is 4.45. The van der Waals surface area contributed by atoms with E-state index >= 15 is 0 Å². The summed E-state index contributed by atoms with van der Waals surface area (Å²) in [7, 11) is 0. The van der Waals surface area contributed by atoms with Crippen molar-refractivity contribution < 1.29 is 5.11 Å². The van der Waals surface area contributed by atoms with Crippen LogP contribution < -0.4 is 5.73 Å². The third kappa shape index (κ3) is 1.91. The Kier molecular flexibility index (Phi) is 2.37. The zero-order chi connectivity index (χ0) is 11.8. The van der Waals surface area contributed by atoms with E-state index in [1.165, 1.54) is 12.8 Å². The Morgan fingerprint density at radius 3 is 2.59 bits per heavy atom. The van der Waals surface area contributed by atoms with Crippen LogP contribution in [0.4, 0.5) is 0 Å². The molecule has 3 rings (SSSR count). The van der Waals surface area contributed by atoms with Gasteiger partial charge >= 0.3 is 0 Å². The van der Waals surface area contributed by atoms with Gasteiger partial charge in [0.25, 0.3) is 0 Å². The summed E-state index contributed by atoms with van der Waals surface area (Å²) in [6.45, 7) is 0.463. The first-order valence-electron chi connectivity index (χ1n) is 5.85. The Morgan fingerprint density at radius 1 is 1.29 bits per heavy atom. The van der Waals surface area contributed by atoms with Gasteiger partial charge in [0.05, 0.1) is 5.69 Å². The molecule has 1 fully saturated rings. The number of nitrogens with zero attached hydrogens (tertiary/aromatic N) is 2. The van der Waals surface area contributed by atoms with E-state index in [0.717, 1.165) is 17.1 Å². The van der Waals surface area contributed by atoms with E-state index < -0.39 is 0 Å². The summed E-state index contributed by atoms with van der Waals surface area (Å²) >= 11 is 0. The zero-order valence-electron chi connectivity index (χ0n) is 9.50. The normalized spacial score (nSPS) is 15.1. The second-order valence-corrected chi connectivity index (χ2v) is 4.45. The second kappa shape index (κ2) is 3.89. The van der Waals surface area contributed by atoms with E-state index in [1.807, 2.05) is 18.3 Å². The number of rotatable bonds is 3. The number of imidazole rings is 1. The first-order valence-corrected chi connectivity index (χ1v) is 5.85. The lowest BCUT2D eigenvalue weighted by molar-refractivity contribution is 0.475. The van der Waals surface area contributed by atoms with Crippen LogP contribution in [0.25, 0.3) is 11.4 Å². The lowest BCUT2D eigenvalue weighted by Crippen LogP contribution is -1.95. The lowest BCUT2D eigenvalue weighted by atomic mass is 10.2. The molecule has 0 amide bonds. The van der Waals surface area contributed by atoms with E-state index in [1.54, 1.807) is 12.1 Å². The van der Waals surface area contributed by atoms with Crippen LogP contribution >= 0.6 is 0 Å². The Labute approximate surface area is 99.7 Å². The summed E-state index contributed by atoms with van der Waals surface area (Å²) in [4.78, 5) is 4.55. The Balaban J connectivity index is 2.05. The van der Waals surface area contributed by atoms with Crippen molar-refractivity contribution in [2.24, 2.45) is 5.73 Å². The van der Waals surface area contributed by atoms with E-state index in [9.17, 15) is 5.11 Å². The first kappa shape index (κ1) is 10.4. The van der Waals surface area contributed by atoms with Gasteiger partial charge in [0.2, 0.25) is 0 Å². The lowest BCUT2D eigenvalue weighted by Gasteiger charge is -2.05. The summed E-state index contributed by atoms with van der Waals surface area (Å²) in [5.41, 5.74) is 7.58. The minimum Gasteiger partial charge on any atom is -0.508 e. The average Bonchev–Trinajstić information content (AvgIpc) is 3.10. The molecule has 1 heterocycles. The molecule has 1 aromatic carbocycles. The number of phenolic OH excluding ortho intramolecular Hbond substituents is 1. The molecule has 0 radical (unpaired) electrons. The van der Waals surface area contributed by atoms with Gasteiger partial charge in [-0.25, -0.2) is 4.98 Å². The molecule has 0 bridgehead atoms. The van der Waals surface area contributed by atoms with Gasteiger partial charge in [0.1, 0.15) is 11.6 Å². The summed E-state index contributed by atoms with van der Waals surface area (Å²) in [5, 5.41) is 9.30.